The van der Waals surface area contributed by atoms with Gasteiger partial charge in [0.25, 0.3) is 0 Å². The van der Waals surface area contributed by atoms with Crippen LogP contribution < -0.4 is 9.62 Å². The molecule has 4 rings (SSSR count). The second kappa shape index (κ2) is 10.6. The normalized spacial score (nSPS) is 14.7. The Hall–Kier alpha value is -2.56. The highest BCUT2D eigenvalue weighted by Gasteiger charge is 2.22. The van der Waals surface area contributed by atoms with Gasteiger partial charge in [-0.2, -0.15) is 0 Å². The van der Waals surface area contributed by atoms with Crippen molar-refractivity contribution in [3.8, 4) is 0 Å². The molecular weight excluding hydrogens is 458 g/mol. The molecule has 2 aromatic carbocycles. The van der Waals surface area contributed by atoms with Gasteiger partial charge in [0.2, 0.25) is 15.9 Å². The molecule has 33 heavy (non-hydrogen) atoms. The standard InChI is InChI=1S/C23H29N5O3S2/c1-2-3-11-24-33(30,31)19-9-10-20-21(16-19)26-23(25-20)32-17-22(29)28-14-12-27(13-15-28)18-7-5-4-6-8-18/h4-10,16,24H,2-3,11-15,17H2,1H3,(H,25,26). The topological polar surface area (TPSA) is 98.4 Å². The van der Waals surface area contributed by atoms with Crippen molar-refractivity contribution in [2.45, 2.75) is 29.8 Å². The number of aromatic amines is 1. The van der Waals surface area contributed by atoms with Gasteiger partial charge in [-0.1, -0.05) is 43.3 Å². The lowest BCUT2D eigenvalue weighted by atomic mass is 10.2. The molecule has 10 heteroatoms. The molecule has 1 aliphatic heterocycles. The van der Waals surface area contributed by atoms with Crippen LogP contribution in [-0.4, -0.2) is 67.7 Å². The first-order chi connectivity index (χ1) is 16.0. The summed E-state index contributed by atoms with van der Waals surface area (Å²) in [5, 5.41) is 0.606. The first kappa shape index (κ1) is 23.6. The van der Waals surface area contributed by atoms with Gasteiger partial charge in [-0.25, -0.2) is 18.1 Å². The SMILES string of the molecule is CCCCNS(=O)(=O)c1ccc2nc(SCC(=O)N3CCN(c4ccccc4)CC3)[nH]c2c1. The number of amides is 1. The van der Waals surface area contributed by atoms with Crippen LogP contribution in [0.4, 0.5) is 5.69 Å². The van der Waals surface area contributed by atoms with Crippen LogP contribution in [0.3, 0.4) is 0 Å². The van der Waals surface area contributed by atoms with E-state index in [1.807, 2.05) is 30.0 Å². The summed E-state index contributed by atoms with van der Waals surface area (Å²) >= 11 is 1.34. The van der Waals surface area contributed by atoms with Gasteiger partial charge in [0.1, 0.15) is 0 Å². The van der Waals surface area contributed by atoms with Crippen molar-refractivity contribution in [2.75, 3.05) is 43.4 Å². The number of carbonyl (C=O) groups is 1. The largest absolute Gasteiger partial charge is 0.368 e. The number of H-pyrrole nitrogens is 1. The molecule has 1 amide bonds. The molecule has 1 aliphatic rings. The predicted molar refractivity (Wildman–Crippen MR) is 132 cm³/mol. The zero-order chi connectivity index (χ0) is 23.3. The highest BCUT2D eigenvalue weighted by atomic mass is 32.2. The number of fused-ring (bicyclic) bond motifs is 1. The molecule has 1 fully saturated rings. The second-order valence-electron chi connectivity index (χ2n) is 7.96. The number of carbonyl (C=O) groups excluding carboxylic acids is 1. The lowest BCUT2D eigenvalue weighted by Crippen LogP contribution is -2.49. The molecule has 0 bridgehead atoms. The Balaban J connectivity index is 1.32. The Morgan fingerprint density at radius 1 is 1.12 bits per heavy atom. The van der Waals surface area contributed by atoms with E-state index in [9.17, 15) is 13.2 Å². The summed E-state index contributed by atoms with van der Waals surface area (Å²) < 4.78 is 27.5. The molecule has 0 atom stereocenters. The highest BCUT2D eigenvalue weighted by Crippen LogP contribution is 2.23. The number of para-hydroxylation sites is 1. The van der Waals surface area contributed by atoms with Crippen molar-refractivity contribution < 1.29 is 13.2 Å². The molecule has 0 unspecified atom stereocenters. The number of nitrogens with zero attached hydrogens (tertiary/aromatic N) is 3. The van der Waals surface area contributed by atoms with Crippen LogP contribution in [0.2, 0.25) is 0 Å². The number of sulfonamides is 1. The van der Waals surface area contributed by atoms with E-state index in [1.54, 1.807) is 18.2 Å². The van der Waals surface area contributed by atoms with E-state index in [-0.39, 0.29) is 16.6 Å². The summed E-state index contributed by atoms with van der Waals surface area (Å²) in [5.74, 6) is 0.367. The van der Waals surface area contributed by atoms with Gasteiger partial charge in [-0.3, -0.25) is 4.79 Å². The average Bonchev–Trinajstić information content (AvgIpc) is 3.25. The van der Waals surface area contributed by atoms with E-state index < -0.39 is 10.0 Å². The van der Waals surface area contributed by atoms with E-state index in [2.05, 4.69) is 31.7 Å². The maximum absolute atomic E-state index is 12.7. The number of thioether (sulfide) groups is 1. The molecule has 3 aromatic rings. The van der Waals surface area contributed by atoms with E-state index in [0.29, 0.717) is 35.8 Å². The van der Waals surface area contributed by atoms with E-state index in [1.165, 1.54) is 17.4 Å². The summed E-state index contributed by atoms with van der Waals surface area (Å²) in [7, 11) is -3.55. The smallest absolute Gasteiger partial charge is 0.240 e. The Morgan fingerprint density at radius 2 is 1.88 bits per heavy atom. The van der Waals surface area contributed by atoms with Crippen LogP contribution in [0, 0.1) is 0 Å². The van der Waals surface area contributed by atoms with Gasteiger partial charge in [-0.05, 0) is 36.8 Å². The molecule has 2 heterocycles. The number of anilines is 1. The van der Waals surface area contributed by atoms with Crippen molar-refractivity contribution >= 4 is 44.4 Å². The Bertz CT molecular complexity index is 1190. The minimum Gasteiger partial charge on any atom is -0.368 e. The first-order valence-corrected chi connectivity index (χ1v) is 13.6. The van der Waals surface area contributed by atoms with Crippen LogP contribution in [-0.2, 0) is 14.8 Å². The van der Waals surface area contributed by atoms with E-state index in [0.717, 1.165) is 25.9 Å². The van der Waals surface area contributed by atoms with E-state index in [4.69, 9.17) is 0 Å². The Labute approximate surface area is 198 Å². The number of benzene rings is 2. The molecule has 176 valence electrons. The van der Waals surface area contributed by atoms with Gasteiger partial charge in [0, 0.05) is 38.4 Å². The fourth-order valence-corrected chi connectivity index (χ4v) is 5.63. The lowest BCUT2D eigenvalue weighted by molar-refractivity contribution is -0.128. The Morgan fingerprint density at radius 3 is 2.61 bits per heavy atom. The third-order valence-corrected chi connectivity index (χ3v) is 7.97. The lowest BCUT2D eigenvalue weighted by Gasteiger charge is -2.36. The van der Waals surface area contributed by atoms with Gasteiger partial charge in [0.05, 0.1) is 21.7 Å². The van der Waals surface area contributed by atoms with Gasteiger partial charge < -0.3 is 14.8 Å². The van der Waals surface area contributed by atoms with Gasteiger partial charge >= 0.3 is 0 Å². The maximum Gasteiger partial charge on any atom is 0.240 e. The number of nitrogens with one attached hydrogen (secondary N) is 2. The van der Waals surface area contributed by atoms with Crippen LogP contribution in [0.1, 0.15) is 19.8 Å². The van der Waals surface area contributed by atoms with Crippen molar-refractivity contribution in [1.29, 1.82) is 0 Å². The third kappa shape index (κ3) is 5.87. The molecule has 1 saturated heterocycles. The number of hydrogen-bond donors (Lipinski definition) is 2. The summed E-state index contributed by atoms with van der Waals surface area (Å²) in [6.07, 6.45) is 1.71. The Kier molecular flexibility index (Phi) is 7.56. The molecule has 1 aromatic heterocycles. The van der Waals surface area contributed by atoms with Crippen molar-refractivity contribution in [1.82, 2.24) is 19.6 Å². The van der Waals surface area contributed by atoms with Crippen molar-refractivity contribution in [3.05, 3.63) is 48.5 Å². The first-order valence-electron chi connectivity index (χ1n) is 11.2. The molecule has 8 nitrogen and oxygen atoms in total. The zero-order valence-corrected chi connectivity index (χ0v) is 20.3. The minimum atomic E-state index is -3.55. The third-order valence-electron chi connectivity index (χ3n) is 5.65. The van der Waals surface area contributed by atoms with Gasteiger partial charge in [-0.15, -0.1) is 0 Å². The van der Waals surface area contributed by atoms with Crippen molar-refractivity contribution in [3.63, 3.8) is 0 Å². The monoisotopic (exact) mass is 487 g/mol. The molecule has 0 saturated carbocycles. The van der Waals surface area contributed by atoms with Gasteiger partial charge in [0.15, 0.2) is 5.16 Å². The number of imidazole rings is 1. The highest BCUT2D eigenvalue weighted by molar-refractivity contribution is 7.99. The summed E-state index contributed by atoms with van der Waals surface area (Å²) in [4.78, 5) is 24.7. The number of aromatic nitrogens is 2. The summed E-state index contributed by atoms with van der Waals surface area (Å²) in [6, 6.07) is 15.1. The number of rotatable bonds is 9. The molecule has 0 aliphatic carbocycles. The molecule has 2 N–H and O–H groups in total. The number of unbranched alkanes of at least 4 members (excludes halogenated alkanes) is 1. The predicted octanol–water partition coefficient (Wildman–Crippen LogP) is 3.08. The molecule has 0 radical (unpaired) electrons. The maximum atomic E-state index is 12.7. The second-order valence-corrected chi connectivity index (χ2v) is 10.7. The quantitative estimate of drug-likeness (QED) is 0.356. The van der Waals surface area contributed by atoms with Crippen LogP contribution in [0.5, 0.6) is 0 Å². The number of hydrogen-bond acceptors (Lipinski definition) is 6. The fourth-order valence-electron chi connectivity index (χ4n) is 3.74. The van der Waals surface area contributed by atoms with Crippen LogP contribution in [0.25, 0.3) is 11.0 Å². The average molecular weight is 488 g/mol. The summed E-state index contributed by atoms with van der Waals surface area (Å²) in [5.41, 5.74) is 2.50. The minimum absolute atomic E-state index is 0.0801. The molecular formula is C23H29N5O3S2. The molecule has 0 spiro atoms. The number of piperazine rings is 1. The zero-order valence-electron chi connectivity index (χ0n) is 18.7. The van der Waals surface area contributed by atoms with Crippen LogP contribution >= 0.6 is 11.8 Å². The summed E-state index contributed by atoms with van der Waals surface area (Å²) in [6.45, 7) is 5.45. The van der Waals surface area contributed by atoms with E-state index >= 15 is 0 Å². The fraction of sp³-hybridized carbons (Fsp3) is 0.391. The van der Waals surface area contributed by atoms with Crippen molar-refractivity contribution in [2.24, 2.45) is 0 Å². The van der Waals surface area contributed by atoms with Crippen LogP contribution in [0.15, 0.2) is 58.6 Å².